The predicted molar refractivity (Wildman–Crippen MR) is 86.1 cm³/mol. The fourth-order valence-electron chi connectivity index (χ4n) is 2.58. The molecule has 2 N–H and O–H groups in total. The zero-order valence-electron chi connectivity index (χ0n) is 14.0. The number of carbonyl (C=O) groups excluding carboxylic acids is 1. The van der Waals surface area contributed by atoms with Crippen molar-refractivity contribution in [2.24, 2.45) is 0 Å². The Kier molecular flexibility index (Phi) is 4.66. The van der Waals surface area contributed by atoms with Crippen LogP contribution in [0.1, 0.15) is 46.2 Å². The molecule has 1 heterocycles. The van der Waals surface area contributed by atoms with Crippen LogP contribution >= 0.6 is 0 Å². The second-order valence-corrected chi connectivity index (χ2v) is 7.06. The summed E-state index contributed by atoms with van der Waals surface area (Å²) in [5, 5.41) is 6.20. The van der Waals surface area contributed by atoms with Gasteiger partial charge in [-0.3, -0.25) is 0 Å². The molecule has 1 amide bonds. The molecule has 1 aromatic carbocycles. The van der Waals surface area contributed by atoms with Gasteiger partial charge in [-0.1, -0.05) is 18.2 Å². The van der Waals surface area contributed by atoms with Crippen LogP contribution in [-0.2, 0) is 4.74 Å². The Labute approximate surface area is 132 Å². The second-order valence-electron chi connectivity index (χ2n) is 7.06. The van der Waals surface area contributed by atoms with Gasteiger partial charge in [0, 0.05) is 18.7 Å². The minimum Gasteiger partial charge on any atom is -0.486 e. The molecule has 1 aromatic rings. The highest BCUT2D eigenvalue weighted by Crippen LogP contribution is 2.42. The lowest BCUT2D eigenvalue weighted by Gasteiger charge is -2.27. The highest BCUT2D eigenvalue weighted by Gasteiger charge is 2.40. The van der Waals surface area contributed by atoms with Crippen molar-refractivity contribution in [3.63, 3.8) is 0 Å². The molecule has 0 saturated heterocycles. The van der Waals surface area contributed by atoms with Gasteiger partial charge in [0.05, 0.1) is 6.04 Å². The molecule has 5 nitrogen and oxygen atoms in total. The van der Waals surface area contributed by atoms with E-state index in [-0.39, 0.29) is 11.6 Å². The van der Waals surface area contributed by atoms with E-state index in [9.17, 15) is 4.79 Å². The SMILES string of the molecule is CC(C)(C)OC(=O)NCCNC1c2ccccc2OC1(C)C. The zero-order chi connectivity index (χ0) is 16.4. The van der Waals surface area contributed by atoms with Crippen LogP contribution in [0, 0.1) is 0 Å². The average molecular weight is 306 g/mol. The number of alkyl carbamates (subject to hydrolysis) is 1. The van der Waals surface area contributed by atoms with Crippen LogP contribution in [0.4, 0.5) is 4.79 Å². The maximum Gasteiger partial charge on any atom is 0.407 e. The molecule has 1 aliphatic heterocycles. The fraction of sp³-hybridized carbons (Fsp3) is 0.588. The normalized spacial score (nSPS) is 19.2. The fourth-order valence-corrected chi connectivity index (χ4v) is 2.58. The van der Waals surface area contributed by atoms with Gasteiger partial charge in [-0.25, -0.2) is 4.79 Å². The third kappa shape index (κ3) is 4.13. The maximum atomic E-state index is 11.6. The van der Waals surface area contributed by atoms with Crippen LogP contribution in [0.5, 0.6) is 5.75 Å². The number of benzene rings is 1. The van der Waals surface area contributed by atoms with Gasteiger partial charge < -0.3 is 20.1 Å². The highest BCUT2D eigenvalue weighted by molar-refractivity contribution is 5.67. The van der Waals surface area contributed by atoms with E-state index in [2.05, 4.69) is 30.5 Å². The molecule has 0 fully saturated rings. The van der Waals surface area contributed by atoms with Gasteiger partial charge in [0.15, 0.2) is 0 Å². The summed E-state index contributed by atoms with van der Waals surface area (Å²) in [5.74, 6) is 0.921. The van der Waals surface area contributed by atoms with Crippen LogP contribution < -0.4 is 15.4 Å². The topological polar surface area (TPSA) is 59.6 Å². The van der Waals surface area contributed by atoms with Crippen LogP contribution in [-0.4, -0.2) is 30.4 Å². The second kappa shape index (κ2) is 6.16. The molecule has 1 atom stereocenters. The Hall–Kier alpha value is -1.75. The standard InChI is InChI=1S/C17H26N2O3/c1-16(2,3)22-15(20)19-11-10-18-14-12-8-6-7-9-13(12)21-17(14,4)5/h6-9,14,18H,10-11H2,1-5H3,(H,19,20). The van der Waals surface area contributed by atoms with E-state index in [1.54, 1.807) is 0 Å². The summed E-state index contributed by atoms with van der Waals surface area (Å²) in [6, 6.07) is 8.14. The lowest BCUT2D eigenvalue weighted by atomic mass is 9.94. The van der Waals surface area contributed by atoms with Gasteiger partial charge in [-0.05, 0) is 40.7 Å². The number of nitrogens with one attached hydrogen (secondary N) is 2. The van der Waals surface area contributed by atoms with E-state index in [1.807, 2.05) is 39.0 Å². The third-order valence-corrected chi connectivity index (χ3v) is 3.44. The van der Waals surface area contributed by atoms with Crippen molar-refractivity contribution in [1.82, 2.24) is 10.6 Å². The summed E-state index contributed by atoms with van der Waals surface area (Å²) >= 11 is 0. The number of hydrogen-bond acceptors (Lipinski definition) is 4. The average Bonchev–Trinajstić information content (AvgIpc) is 2.62. The van der Waals surface area contributed by atoms with Gasteiger partial charge in [-0.15, -0.1) is 0 Å². The van der Waals surface area contributed by atoms with Gasteiger partial charge in [0.25, 0.3) is 0 Å². The number of carbonyl (C=O) groups is 1. The highest BCUT2D eigenvalue weighted by atomic mass is 16.6. The summed E-state index contributed by atoms with van der Waals surface area (Å²) in [7, 11) is 0. The van der Waals surface area contributed by atoms with Crippen molar-refractivity contribution in [2.45, 2.75) is 51.9 Å². The Bertz CT molecular complexity index is 535. The summed E-state index contributed by atoms with van der Waals surface area (Å²) in [4.78, 5) is 11.6. The molecule has 0 bridgehead atoms. The van der Waals surface area contributed by atoms with Crippen LogP contribution in [0.2, 0.25) is 0 Å². The molecule has 122 valence electrons. The van der Waals surface area contributed by atoms with E-state index in [1.165, 1.54) is 0 Å². The number of ether oxygens (including phenoxy) is 2. The molecule has 0 aromatic heterocycles. The molecular weight excluding hydrogens is 280 g/mol. The van der Waals surface area contributed by atoms with E-state index in [4.69, 9.17) is 9.47 Å². The molecule has 2 rings (SSSR count). The smallest absolute Gasteiger partial charge is 0.407 e. The van der Waals surface area contributed by atoms with E-state index in [0.717, 1.165) is 11.3 Å². The van der Waals surface area contributed by atoms with Gasteiger partial charge in [0.1, 0.15) is 17.0 Å². The number of hydrogen-bond donors (Lipinski definition) is 2. The molecule has 0 spiro atoms. The van der Waals surface area contributed by atoms with Crippen molar-refractivity contribution >= 4 is 6.09 Å². The van der Waals surface area contributed by atoms with E-state index in [0.29, 0.717) is 13.1 Å². The van der Waals surface area contributed by atoms with Crippen molar-refractivity contribution in [3.8, 4) is 5.75 Å². The van der Waals surface area contributed by atoms with E-state index < -0.39 is 11.7 Å². The number of amides is 1. The Morgan fingerprint density at radius 1 is 1.27 bits per heavy atom. The lowest BCUT2D eigenvalue weighted by molar-refractivity contribution is 0.0526. The summed E-state index contributed by atoms with van der Waals surface area (Å²) in [6.07, 6.45) is -0.392. The first-order valence-electron chi connectivity index (χ1n) is 7.67. The van der Waals surface area contributed by atoms with Gasteiger partial charge in [-0.2, -0.15) is 0 Å². The van der Waals surface area contributed by atoms with E-state index >= 15 is 0 Å². The predicted octanol–water partition coefficient (Wildman–Crippen LogP) is 3.01. The Morgan fingerprint density at radius 2 is 1.95 bits per heavy atom. The summed E-state index contributed by atoms with van der Waals surface area (Å²) in [5.41, 5.74) is 0.373. The summed E-state index contributed by atoms with van der Waals surface area (Å²) < 4.78 is 11.2. The molecule has 1 unspecified atom stereocenters. The van der Waals surface area contributed by atoms with Gasteiger partial charge in [0.2, 0.25) is 0 Å². The largest absolute Gasteiger partial charge is 0.486 e. The monoisotopic (exact) mass is 306 g/mol. The minimum absolute atomic E-state index is 0.101. The quantitative estimate of drug-likeness (QED) is 0.840. The first kappa shape index (κ1) is 16.6. The zero-order valence-corrected chi connectivity index (χ0v) is 14.0. The van der Waals surface area contributed by atoms with Gasteiger partial charge >= 0.3 is 6.09 Å². The molecule has 1 aliphatic rings. The Morgan fingerprint density at radius 3 is 2.64 bits per heavy atom. The first-order valence-corrected chi connectivity index (χ1v) is 7.67. The Balaban J connectivity index is 1.83. The van der Waals surface area contributed by atoms with Crippen molar-refractivity contribution < 1.29 is 14.3 Å². The molecule has 0 radical (unpaired) electrons. The number of rotatable bonds is 4. The number of fused-ring (bicyclic) bond motifs is 1. The molecular formula is C17H26N2O3. The van der Waals surface area contributed by atoms with Crippen molar-refractivity contribution in [3.05, 3.63) is 29.8 Å². The van der Waals surface area contributed by atoms with Crippen LogP contribution in [0.3, 0.4) is 0 Å². The van der Waals surface area contributed by atoms with Crippen molar-refractivity contribution in [1.29, 1.82) is 0 Å². The number of para-hydroxylation sites is 1. The summed E-state index contributed by atoms with van der Waals surface area (Å²) in [6.45, 7) is 10.8. The van der Waals surface area contributed by atoms with Crippen LogP contribution in [0.25, 0.3) is 0 Å². The van der Waals surface area contributed by atoms with Crippen molar-refractivity contribution in [2.75, 3.05) is 13.1 Å². The van der Waals surface area contributed by atoms with Crippen LogP contribution in [0.15, 0.2) is 24.3 Å². The molecule has 0 aliphatic carbocycles. The lowest BCUT2D eigenvalue weighted by Crippen LogP contribution is -2.42. The maximum absolute atomic E-state index is 11.6. The third-order valence-electron chi connectivity index (χ3n) is 3.44. The molecule has 0 saturated carbocycles. The molecule has 5 heteroatoms. The minimum atomic E-state index is -0.474. The first-order chi connectivity index (χ1) is 10.2. The molecule has 22 heavy (non-hydrogen) atoms.